The van der Waals surface area contributed by atoms with Crippen molar-refractivity contribution in [2.75, 3.05) is 6.61 Å². The van der Waals surface area contributed by atoms with Crippen molar-refractivity contribution >= 4 is 11.9 Å². The van der Waals surface area contributed by atoms with Crippen LogP contribution in [-0.4, -0.2) is 28.6 Å². The first-order valence-electron chi connectivity index (χ1n) is 10.0. The number of esters is 1. The molecule has 0 aliphatic carbocycles. The fraction of sp³-hybridized carbons (Fsp3) is 0.478. The molecule has 1 aromatic heterocycles. The lowest BCUT2D eigenvalue weighted by Gasteiger charge is -2.15. The third-order valence-electron chi connectivity index (χ3n) is 4.95. The number of aromatic amines is 1. The van der Waals surface area contributed by atoms with E-state index >= 15 is 0 Å². The van der Waals surface area contributed by atoms with Gasteiger partial charge in [-0.25, -0.2) is 4.79 Å². The van der Waals surface area contributed by atoms with Gasteiger partial charge < -0.3 is 20.1 Å². The van der Waals surface area contributed by atoms with Crippen molar-refractivity contribution in [1.29, 1.82) is 0 Å². The number of carbonyl (C=O) groups excluding carboxylic acids is 2. The summed E-state index contributed by atoms with van der Waals surface area (Å²) in [6.45, 7) is 11.1. The summed E-state index contributed by atoms with van der Waals surface area (Å²) in [7, 11) is 0. The van der Waals surface area contributed by atoms with Crippen LogP contribution in [0, 0.1) is 19.8 Å². The molecular formula is C23H32N2O4. The topological polar surface area (TPSA) is 91.4 Å². The average molecular weight is 401 g/mol. The van der Waals surface area contributed by atoms with Gasteiger partial charge in [0.15, 0.2) is 6.61 Å². The molecule has 2 atom stereocenters. The average Bonchev–Trinajstić information content (AvgIpc) is 2.94. The Morgan fingerprint density at radius 1 is 1.10 bits per heavy atom. The molecule has 0 saturated heterocycles. The maximum Gasteiger partial charge on any atom is 0.355 e. The minimum absolute atomic E-state index is 0.189. The van der Waals surface area contributed by atoms with Gasteiger partial charge >= 0.3 is 5.97 Å². The molecule has 0 fully saturated rings. The summed E-state index contributed by atoms with van der Waals surface area (Å²) in [5, 5.41) is 12.7. The third-order valence-corrected chi connectivity index (χ3v) is 4.95. The van der Waals surface area contributed by atoms with Crippen LogP contribution in [0.2, 0.25) is 0 Å². The number of ether oxygens (including phenoxy) is 1. The molecule has 6 heteroatoms. The number of aliphatic hydroxyl groups is 1. The number of amides is 1. The zero-order valence-corrected chi connectivity index (χ0v) is 18.1. The van der Waals surface area contributed by atoms with Crippen LogP contribution in [0.4, 0.5) is 0 Å². The van der Waals surface area contributed by atoms with Crippen LogP contribution < -0.4 is 5.32 Å². The molecule has 0 aliphatic rings. The Labute approximate surface area is 172 Å². The highest BCUT2D eigenvalue weighted by molar-refractivity contribution is 5.91. The SMILES string of the molecule is Cc1[nH]c(C(=O)OCC(=O)N[C@@H](C)c2ccc(CC(C)C)cc2)c(C)c1[C@@H](C)O. The van der Waals surface area contributed by atoms with E-state index < -0.39 is 12.1 Å². The first-order chi connectivity index (χ1) is 13.6. The van der Waals surface area contributed by atoms with E-state index in [1.807, 2.05) is 19.1 Å². The lowest BCUT2D eigenvalue weighted by molar-refractivity contribution is -0.124. The maximum absolute atomic E-state index is 12.3. The summed E-state index contributed by atoms with van der Waals surface area (Å²) in [6.07, 6.45) is 0.328. The van der Waals surface area contributed by atoms with Crippen LogP contribution in [0.5, 0.6) is 0 Å². The van der Waals surface area contributed by atoms with E-state index in [4.69, 9.17) is 4.74 Å². The Morgan fingerprint density at radius 2 is 1.72 bits per heavy atom. The van der Waals surface area contributed by atoms with Crippen LogP contribution in [-0.2, 0) is 16.0 Å². The summed E-state index contributed by atoms with van der Waals surface area (Å²) >= 11 is 0. The summed E-state index contributed by atoms with van der Waals surface area (Å²) in [5.41, 5.74) is 4.55. The smallest absolute Gasteiger partial charge is 0.355 e. The van der Waals surface area contributed by atoms with Gasteiger partial charge in [0.05, 0.1) is 12.1 Å². The normalized spacial score (nSPS) is 13.2. The van der Waals surface area contributed by atoms with Crippen molar-refractivity contribution in [3.63, 3.8) is 0 Å². The van der Waals surface area contributed by atoms with E-state index in [9.17, 15) is 14.7 Å². The number of hydrogen-bond donors (Lipinski definition) is 3. The Bertz CT molecular complexity index is 851. The summed E-state index contributed by atoms with van der Waals surface area (Å²) in [5.74, 6) is -0.386. The molecule has 2 aromatic rings. The number of aryl methyl sites for hydroxylation is 1. The van der Waals surface area contributed by atoms with Gasteiger partial charge in [-0.2, -0.15) is 0 Å². The lowest BCUT2D eigenvalue weighted by atomic mass is 10.00. The number of hydrogen-bond acceptors (Lipinski definition) is 4. The molecule has 0 aliphatic heterocycles. The highest BCUT2D eigenvalue weighted by Crippen LogP contribution is 2.24. The van der Waals surface area contributed by atoms with Crippen LogP contribution >= 0.6 is 0 Å². The van der Waals surface area contributed by atoms with Gasteiger partial charge in [-0.3, -0.25) is 4.79 Å². The van der Waals surface area contributed by atoms with Crippen LogP contribution in [0.15, 0.2) is 24.3 Å². The largest absolute Gasteiger partial charge is 0.451 e. The number of H-pyrrole nitrogens is 1. The van der Waals surface area contributed by atoms with Gasteiger partial charge in [-0.1, -0.05) is 38.1 Å². The molecular weight excluding hydrogens is 368 g/mol. The van der Waals surface area contributed by atoms with Gasteiger partial charge in [0, 0.05) is 11.3 Å². The van der Waals surface area contributed by atoms with Crippen LogP contribution in [0.25, 0.3) is 0 Å². The van der Waals surface area contributed by atoms with Gasteiger partial charge in [-0.05, 0) is 56.7 Å². The molecule has 0 radical (unpaired) electrons. The van der Waals surface area contributed by atoms with Crippen molar-refractivity contribution in [2.45, 2.75) is 60.1 Å². The number of aromatic nitrogens is 1. The Kier molecular flexibility index (Phi) is 7.62. The first kappa shape index (κ1) is 22.7. The zero-order valence-electron chi connectivity index (χ0n) is 18.1. The van der Waals surface area contributed by atoms with Gasteiger partial charge in [0.25, 0.3) is 5.91 Å². The molecule has 0 spiro atoms. The molecule has 3 N–H and O–H groups in total. The molecule has 29 heavy (non-hydrogen) atoms. The molecule has 0 unspecified atom stereocenters. The second-order valence-electron chi connectivity index (χ2n) is 8.04. The number of benzene rings is 1. The predicted molar refractivity (Wildman–Crippen MR) is 113 cm³/mol. The van der Waals surface area contributed by atoms with E-state index in [-0.39, 0.29) is 24.2 Å². The first-order valence-corrected chi connectivity index (χ1v) is 10.0. The van der Waals surface area contributed by atoms with Crippen LogP contribution in [0.3, 0.4) is 0 Å². The quantitative estimate of drug-likeness (QED) is 0.586. The number of nitrogens with one attached hydrogen (secondary N) is 2. The summed E-state index contributed by atoms with van der Waals surface area (Å²) < 4.78 is 5.15. The van der Waals surface area contributed by atoms with Crippen molar-refractivity contribution in [3.05, 3.63) is 57.9 Å². The molecule has 1 amide bonds. The van der Waals surface area contributed by atoms with Crippen LogP contribution in [0.1, 0.15) is 78.3 Å². The predicted octanol–water partition coefficient (Wildman–Crippen LogP) is 3.92. The lowest BCUT2D eigenvalue weighted by Crippen LogP contribution is -2.31. The van der Waals surface area contributed by atoms with Crippen molar-refractivity contribution < 1.29 is 19.4 Å². The second kappa shape index (κ2) is 9.74. The number of rotatable bonds is 8. The minimum atomic E-state index is -0.691. The summed E-state index contributed by atoms with van der Waals surface area (Å²) in [6, 6.07) is 7.99. The van der Waals surface area contributed by atoms with Crippen molar-refractivity contribution in [3.8, 4) is 0 Å². The van der Waals surface area contributed by atoms with Gasteiger partial charge in [0.2, 0.25) is 0 Å². The van der Waals surface area contributed by atoms with E-state index in [1.54, 1.807) is 20.8 Å². The molecule has 0 bridgehead atoms. The summed E-state index contributed by atoms with van der Waals surface area (Å²) in [4.78, 5) is 27.5. The highest BCUT2D eigenvalue weighted by Gasteiger charge is 2.22. The fourth-order valence-corrected chi connectivity index (χ4v) is 3.58. The molecule has 1 aromatic carbocycles. The number of aliphatic hydroxyl groups excluding tert-OH is 1. The maximum atomic E-state index is 12.3. The van der Waals surface area contributed by atoms with Gasteiger partial charge in [-0.15, -0.1) is 0 Å². The van der Waals surface area contributed by atoms with Gasteiger partial charge in [0.1, 0.15) is 5.69 Å². The van der Waals surface area contributed by atoms with E-state index in [2.05, 4.69) is 36.3 Å². The molecule has 0 saturated carbocycles. The Balaban J connectivity index is 1.91. The Hall–Kier alpha value is -2.60. The van der Waals surface area contributed by atoms with E-state index in [1.165, 1.54) is 5.56 Å². The van der Waals surface area contributed by atoms with Crippen molar-refractivity contribution in [1.82, 2.24) is 10.3 Å². The highest BCUT2D eigenvalue weighted by atomic mass is 16.5. The zero-order chi connectivity index (χ0) is 21.7. The molecule has 158 valence electrons. The third kappa shape index (κ3) is 5.94. The number of carbonyl (C=O) groups is 2. The monoisotopic (exact) mass is 400 g/mol. The second-order valence-corrected chi connectivity index (χ2v) is 8.04. The molecule has 2 rings (SSSR count). The minimum Gasteiger partial charge on any atom is -0.451 e. The Morgan fingerprint density at radius 3 is 2.24 bits per heavy atom. The van der Waals surface area contributed by atoms with E-state index in [0.29, 0.717) is 22.7 Å². The fourth-order valence-electron chi connectivity index (χ4n) is 3.58. The standard InChI is InChI=1S/C23H32N2O4/c1-13(2)11-18-7-9-19(10-8-18)15(4)24-20(27)12-29-23(28)22-14(3)21(17(6)26)16(5)25-22/h7-10,13,15,17,25-26H,11-12H2,1-6H3,(H,24,27)/t15-,17+/m0/s1. The molecule has 6 nitrogen and oxygen atoms in total. The molecule has 1 heterocycles. The van der Waals surface area contributed by atoms with Crippen molar-refractivity contribution in [2.24, 2.45) is 5.92 Å². The van der Waals surface area contributed by atoms with E-state index in [0.717, 1.165) is 12.0 Å².